The van der Waals surface area contributed by atoms with Gasteiger partial charge in [-0.3, -0.25) is 0 Å². The zero-order valence-corrected chi connectivity index (χ0v) is 9.25. The molecular formula is C9H16F3NS. The molecule has 0 spiro atoms. The number of hydrogen-bond donors (Lipinski definition) is 2. The minimum Gasteiger partial charge on any atom is -0.317 e. The Kier molecular flexibility index (Phi) is 3.41. The molecule has 0 saturated heterocycles. The molecule has 0 aliphatic heterocycles. The van der Waals surface area contributed by atoms with Crippen molar-refractivity contribution < 1.29 is 13.2 Å². The fourth-order valence-electron chi connectivity index (χ4n) is 2.12. The van der Waals surface area contributed by atoms with Crippen LogP contribution < -0.4 is 5.32 Å². The van der Waals surface area contributed by atoms with E-state index in [1.54, 1.807) is 14.0 Å². The molecule has 1 aliphatic carbocycles. The quantitative estimate of drug-likeness (QED) is 0.656. The van der Waals surface area contributed by atoms with E-state index in [2.05, 4.69) is 17.9 Å². The third-order valence-corrected chi connectivity index (χ3v) is 3.18. The van der Waals surface area contributed by atoms with Crippen LogP contribution in [0.25, 0.3) is 0 Å². The van der Waals surface area contributed by atoms with Crippen molar-refractivity contribution in [3.8, 4) is 0 Å². The van der Waals surface area contributed by atoms with Crippen LogP contribution in [0, 0.1) is 5.92 Å². The zero-order chi connectivity index (χ0) is 11.0. The van der Waals surface area contributed by atoms with Gasteiger partial charge in [0.05, 0.1) is 5.92 Å². The smallest absolute Gasteiger partial charge is 0.317 e. The molecule has 1 nitrogen and oxygen atoms in total. The molecule has 0 aromatic rings. The fourth-order valence-corrected chi connectivity index (χ4v) is 2.57. The molecule has 1 saturated carbocycles. The number of thiol groups is 1. The Labute approximate surface area is 87.9 Å². The topological polar surface area (TPSA) is 12.0 Å². The van der Waals surface area contributed by atoms with E-state index in [4.69, 9.17) is 0 Å². The minimum absolute atomic E-state index is 0.0714. The normalized spacial score (nSPS) is 39.9. The molecule has 1 N–H and O–H groups in total. The highest BCUT2D eigenvalue weighted by Crippen LogP contribution is 2.44. The molecule has 0 aromatic carbocycles. The van der Waals surface area contributed by atoms with Crippen LogP contribution in [-0.2, 0) is 0 Å². The maximum atomic E-state index is 12.5. The van der Waals surface area contributed by atoms with Crippen molar-refractivity contribution in [3.63, 3.8) is 0 Å². The van der Waals surface area contributed by atoms with Crippen molar-refractivity contribution in [2.75, 3.05) is 7.05 Å². The van der Waals surface area contributed by atoms with E-state index in [1.165, 1.54) is 0 Å². The maximum absolute atomic E-state index is 12.5. The molecule has 1 rings (SSSR count). The molecule has 1 fully saturated rings. The second-order valence-corrected chi connectivity index (χ2v) is 5.44. The van der Waals surface area contributed by atoms with Gasteiger partial charge in [-0.05, 0) is 26.3 Å². The summed E-state index contributed by atoms with van der Waals surface area (Å²) in [5.74, 6) is -1.21. The van der Waals surface area contributed by atoms with Gasteiger partial charge in [-0.2, -0.15) is 25.8 Å². The molecular weight excluding hydrogens is 211 g/mol. The monoisotopic (exact) mass is 227 g/mol. The lowest BCUT2D eigenvalue weighted by molar-refractivity contribution is -0.185. The second-order valence-electron chi connectivity index (χ2n) is 4.37. The molecule has 3 unspecified atom stereocenters. The summed E-state index contributed by atoms with van der Waals surface area (Å²) in [5, 5.41) is 2.91. The van der Waals surface area contributed by atoms with Crippen molar-refractivity contribution in [1.29, 1.82) is 0 Å². The first-order valence-electron chi connectivity index (χ1n) is 4.71. The highest BCUT2D eigenvalue weighted by Gasteiger charge is 2.47. The van der Waals surface area contributed by atoms with Crippen LogP contribution in [0.5, 0.6) is 0 Å². The zero-order valence-electron chi connectivity index (χ0n) is 8.36. The summed E-state index contributed by atoms with van der Waals surface area (Å²) in [6.45, 7) is 1.78. The molecule has 0 aromatic heterocycles. The highest BCUT2D eigenvalue weighted by molar-refractivity contribution is 7.81. The van der Waals surface area contributed by atoms with Gasteiger partial charge in [-0.25, -0.2) is 0 Å². The van der Waals surface area contributed by atoms with E-state index in [0.717, 1.165) is 0 Å². The number of halogens is 3. The summed E-state index contributed by atoms with van der Waals surface area (Å²) < 4.78 is 37.1. The van der Waals surface area contributed by atoms with Gasteiger partial charge in [0.2, 0.25) is 0 Å². The van der Waals surface area contributed by atoms with Crippen LogP contribution >= 0.6 is 12.6 Å². The maximum Gasteiger partial charge on any atom is 0.391 e. The van der Waals surface area contributed by atoms with Crippen LogP contribution in [0.2, 0.25) is 0 Å². The van der Waals surface area contributed by atoms with E-state index in [-0.39, 0.29) is 18.9 Å². The Bertz CT molecular complexity index is 203. The van der Waals surface area contributed by atoms with Crippen LogP contribution in [-0.4, -0.2) is 24.0 Å². The van der Waals surface area contributed by atoms with Crippen LogP contribution in [0.3, 0.4) is 0 Å². The first kappa shape index (κ1) is 12.2. The number of hydrogen-bond acceptors (Lipinski definition) is 2. The third-order valence-electron chi connectivity index (χ3n) is 2.81. The van der Waals surface area contributed by atoms with Gasteiger partial charge in [0.25, 0.3) is 0 Å². The molecule has 84 valence electrons. The summed E-state index contributed by atoms with van der Waals surface area (Å²) in [6.07, 6.45) is -3.09. The van der Waals surface area contributed by atoms with Crippen LogP contribution in [0.15, 0.2) is 0 Å². The van der Waals surface area contributed by atoms with E-state index >= 15 is 0 Å². The molecule has 14 heavy (non-hydrogen) atoms. The molecule has 3 atom stereocenters. The molecule has 0 radical (unpaired) electrons. The van der Waals surface area contributed by atoms with Gasteiger partial charge >= 0.3 is 6.18 Å². The van der Waals surface area contributed by atoms with Gasteiger partial charge in [0.15, 0.2) is 0 Å². The standard InChI is InChI=1S/C9H16F3NS/c1-8(14)4-6(9(10,11)12)3-7(5-8)13-2/h6-7,13-14H,3-5H2,1-2H3. The van der Waals surface area contributed by atoms with E-state index in [9.17, 15) is 13.2 Å². The van der Waals surface area contributed by atoms with E-state index < -0.39 is 16.8 Å². The Morgan fingerprint density at radius 3 is 2.36 bits per heavy atom. The Balaban J connectivity index is 2.71. The third kappa shape index (κ3) is 3.05. The van der Waals surface area contributed by atoms with Crippen LogP contribution in [0.1, 0.15) is 26.2 Å². The Morgan fingerprint density at radius 2 is 1.93 bits per heavy atom. The molecule has 0 amide bonds. The lowest BCUT2D eigenvalue weighted by Gasteiger charge is -2.40. The number of alkyl halides is 3. The lowest BCUT2D eigenvalue weighted by Crippen LogP contribution is -2.45. The van der Waals surface area contributed by atoms with Crippen molar-refractivity contribution >= 4 is 12.6 Å². The summed E-state index contributed by atoms with van der Waals surface area (Å²) in [5.41, 5.74) is 0. The largest absolute Gasteiger partial charge is 0.391 e. The minimum atomic E-state index is -4.08. The number of nitrogens with one attached hydrogen (secondary N) is 1. The average Bonchev–Trinajstić information content (AvgIpc) is 1.99. The van der Waals surface area contributed by atoms with Crippen molar-refractivity contribution in [1.82, 2.24) is 5.32 Å². The lowest BCUT2D eigenvalue weighted by atomic mass is 9.78. The molecule has 0 heterocycles. The van der Waals surface area contributed by atoms with E-state index in [0.29, 0.717) is 6.42 Å². The Morgan fingerprint density at radius 1 is 1.36 bits per heavy atom. The van der Waals surface area contributed by atoms with Crippen molar-refractivity contribution in [2.45, 2.75) is 43.2 Å². The Hall–Kier alpha value is 0.100. The number of rotatable bonds is 1. The van der Waals surface area contributed by atoms with Gasteiger partial charge < -0.3 is 5.32 Å². The van der Waals surface area contributed by atoms with Gasteiger partial charge in [-0.15, -0.1) is 0 Å². The summed E-state index contributed by atoms with van der Waals surface area (Å²) in [7, 11) is 1.70. The molecule has 1 aliphatic rings. The van der Waals surface area contributed by atoms with E-state index in [1.807, 2.05) is 0 Å². The average molecular weight is 227 g/mol. The summed E-state index contributed by atoms with van der Waals surface area (Å²) >= 11 is 4.28. The molecule has 0 bridgehead atoms. The summed E-state index contributed by atoms with van der Waals surface area (Å²) in [4.78, 5) is 0. The fraction of sp³-hybridized carbons (Fsp3) is 1.00. The summed E-state index contributed by atoms with van der Waals surface area (Å²) in [6, 6.07) is -0.0714. The van der Waals surface area contributed by atoms with Gasteiger partial charge in [0.1, 0.15) is 0 Å². The van der Waals surface area contributed by atoms with Crippen LogP contribution in [0.4, 0.5) is 13.2 Å². The first-order valence-corrected chi connectivity index (χ1v) is 5.16. The highest BCUT2D eigenvalue weighted by atomic mass is 32.1. The van der Waals surface area contributed by atoms with Gasteiger partial charge in [0, 0.05) is 10.8 Å². The van der Waals surface area contributed by atoms with Crippen molar-refractivity contribution in [2.24, 2.45) is 5.92 Å². The van der Waals surface area contributed by atoms with Crippen molar-refractivity contribution in [3.05, 3.63) is 0 Å². The molecule has 5 heteroatoms. The predicted octanol–water partition coefficient (Wildman–Crippen LogP) is 2.63. The second kappa shape index (κ2) is 3.93. The first-order chi connectivity index (χ1) is 6.24. The van der Waals surface area contributed by atoms with Gasteiger partial charge in [-0.1, -0.05) is 6.92 Å². The SMILES string of the molecule is CNC1CC(C(F)(F)F)CC(C)(S)C1. The predicted molar refractivity (Wildman–Crippen MR) is 53.6 cm³/mol.